The van der Waals surface area contributed by atoms with E-state index in [2.05, 4.69) is 36.6 Å². The average Bonchev–Trinajstić information content (AvgIpc) is 3.44. The third kappa shape index (κ3) is 5.13. The zero-order chi connectivity index (χ0) is 25.1. The number of imidazole rings is 1. The van der Waals surface area contributed by atoms with Gasteiger partial charge in [0.1, 0.15) is 17.4 Å². The molecule has 1 saturated heterocycles. The Morgan fingerprint density at radius 3 is 2.61 bits per heavy atom. The second-order valence-electron chi connectivity index (χ2n) is 9.77. The molecule has 2 heterocycles. The number of amides is 1. The van der Waals surface area contributed by atoms with Crippen LogP contribution in [-0.2, 0) is 11.3 Å². The number of hydrogen-bond donors (Lipinski definition) is 0. The fraction of sp³-hybridized carbons (Fsp3) is 0.333. The van der Waals surface area contributed by atoms with Crippen LogP contribution in [0.1, 0.15) is 56.3 Å². The van der Waals surface area contributed by atoms with E-state index in [9.17, 15) is 9.18 Å². The quantitative estimate of drug-likeness (QED) is 0.249. The number of hydrogen-bond acceptors (Lipinski definition) is 3. The first-order valence-electron chi connectivity index (χ1n) is 12.7. The second-order valence-corrected chi connectivity index (χ2v) is 9.77. The lowest BCUT2D eigenvalue weighted by molar-refractivity contribution is -0.117. The van der Waals surface area contributed by atoms with Crippen molar-refractivity contribution in [2.45, 2.75) is 51.5 Å². The zero-order valence-electron chi connectivity index (χ0n) is 20.9. The van der Waals surface area contributed by atoms with Gasteiger partial charge in [-0.3, -0.25) is 4.79 Å². The van der Waals surface area contributed by atoms with Crippen LogP contribution < -0.4 is 9.64 Å². The summed E-state index contributed by atoms with van der Waals surface area (Å²) in [5, 5.41) is 0. The molecule has 1 aromatic heterocycles. The molecular formula is C30H32FN3O2. The largest absolute Gasteiger partial charge is 0.494 e. The van der Waals surface area contributed by atoms with Crippen molar-refractivity contribution < 1.29 is 13.9 Å². The number of aromatic nitrogens is 2. The minimum atomic E-state index is -0.339. The predicted molar refractivity (Wildman–Crippen MR) is 141 cm³/mol. The molecule has 1 aliphatic rings. The lowest BCUT2D eigenvalue weighted by atomic mass is 10.0. The number of halogens is 1. The van der Waals surface area contributed by atoms with Crippen molar-refractivity contribution in [1.82, 2.24) is 9.55 Å². The number of anilines is 1. The maximum atomic E-state index is 13.8. The van der Waals surface area contributed by atoms with E-state index in [1.54, 1.807) is 17.0 Å². The van der Waals surface area contributed by atoms with E-state index in [1.165, 1.54) is 17.7 Å². The summed E-state index contributed by atoms with van der Waals surface area (Å²) in [6.07, 6.45) is 2.22. The standard InChI is InChI=1S/C30H32FN3O2/c1-21(2)22-12-14-26(15-13-22)36-17-6-5-16-33-28-11-4-3-10-27(28)32-30(33)23-18-29(35)34(20-23)25-9-7-8-24(31)19-25/h3-4,7-15,19,21,23H,5-6,16-18,20H2,1-2H3. The molecule has 5 rings (SSSR count). The van der Waals surface area contributed by atoms with E-state index in [0.717, 1.165) is 42.0 Å². The first kappa shape index (κ1) is 24.0. The highest BCUT2D eigenvalue weighted by Gasteiger charge is 2.34. The van der Waals surface area contributed by atoms with Crippen LogP contribution in [-0.4, -0.2) is 28.6 Å². The van der Waals surface area contributed by atoms with Gasteiger partial charge >= 0.3 is 0 Å². The van der Waals surface area contributed by atoms with Gasteiger partial charge in [-0.15, -0.1) is 0 Å². The van der Waals surface area contributed by atoms with Crippen molar-refractivity contribution in [1.29, 1.82) is 0 Å². The number of carbonyl (C=O) groups is 1. The first-order valence-corrected chi connectivity index (χ1v) is 12.7. The molecule has 36 heavy (non-hydrogen) atoms. The molecule has 0 aliphatic carbocycles. The molecule has 5 nitrogen and oxygen atoms in total. The number of unbranched alkanes of at least 4 members (excludes halogenated alkanes) is 1. The summed E-state index contributed by atoms with van der Waals surface area (Å²) in [5.74, 6) is 1.96. The Morgan fingerprint density at radius 1 is 1.03 bits per heavy atom. The number of rotatable bonds is 9. The highest BCUT2D eigenvalue weighted by molar-refractivity contribution is 5.96. The van der Waals surface area contributed by atoms with Crippen molar-refractivity contribution in [3.63, 3.8) is 0 Å². The van der Waals surface area contributed by atoms with Crippen LogP contribution in [0, 0.1) is 5.82 Å². The van der Waals surface area contributed by atoms with Gasteiger partial charge in [-0.05, 0) is 66.8 Å². The smallest absolute Gasteiger partial charge is 0.227 e. The third-order valence-corrected chi connectivity index (χ3v) is 6.89. The topological polar surface area (TPSA) is 47.4 Å². The molecule has 1 fully saturated rings. The van der Waals surface area contributed by atoms with Crippen molar-refractivity contribution in [2.24, 2.45) is 0 Å². The molecule has 3 aromatic carbocycles. The molecule has 0 spiro atoms. The summed E-state index contributed by atoms with van der Waals surface area (Å²) in [6, 6.07) is 22.7. The Kier molecular flexibility index (Phi) is 7.03. The Labute approximate surface area is 211 Å². The van der Waals surface area contributed by atoms with Crippen LogP contribution in [0.25, 0.3) is 11.0 Å². The van der Waals surface area contributed by atoms with E-state index >= 15 is 0 Å². The monoisotopic (exact) mass is 485 g/mol. The molecule has 0 N–H and O–H groups in total. The van der Waals surface area contributed by atoms with Crippen LogP contribution in [0.15, 0.2) is 72.8 Å². The van der Waals surface area contributed by atoms with E-state index in [-0.39, 0.29) is 17.6 Å². The highest BCUT2D eigenvalue weighted by atomic mass is 19.1. The van der Waals surface area contributed by atoms with Gasteiger partial charge in [0.2, 0.25) is 5.91 Å². The Balaban J connectivity index is 1.26. The van der Waals surface area contributed by atoms with E-state index in [1.807, 2.05) is 30.3 Å². The van der Waals surface area contributed by atoms with Crippen molar-refractivity contribution in [2.75, 3.05) is 18.1 Å². The van der Waals surface area contributed by atoms with E-state index in [0.29, 0.717) is 31.2 Å². The molecular weight excluding hydrogens is 453 g/mol. The molecule has 0 radical (unpaired) electrons. The molecule has 6 heteroatoms. The number of aryl methyl sites for hydroxylation is 1. The van der Waals surface area contributed by atoms with Crippen LogP contribution in [0.3, 0.4) is 0 Å². The van der Waals surface area contributed by atoms with Crippen LogP contribution in [0.2, 0.25) is 0 Å². The Bertz CT molecular complexity index is 1350. The van der Waals surface area contributed by atoms with Crippen molar-refractivity contribution >= 4 is 22.6 Å². The summed E-state index contributed by atoms with van der Waals surface area (Å²) in [5.41, 5.74) is 3.92. The van der Waals surface area contributed by atoms with Gasteiger partial charge in [-0.25, -0.2) is 9.37 Å². The fourth-order valence-electron chi connectivity index (χ4n) is 4.93. The molecule has 0 saturated carbocycles. The molecule has 1 amide bonds. The fourth-order valence-corrected chi connectivity index (χ4v) is 4.93. The van der Waals surface area contributed by atoms with Gasteiger partial charge < -0.3 is 14.2 Å². The predicted octanol–water partition coefficient (Wildman–Crippen LogP) is 6.68. The SMILES string of the molecule is CC(C)c1ccc(OCCCCn2c(C3CC(=O)N(c4cccc(F)c4)C3)nc3ccccc32)cc1. The highest BCUT2D eigenvalue weighted by Crippen LogP contribution is 2.33. The molecule has 186 valence electrons. The summed E-state index contributed by atoms with van der Waals surface area (Å²) < 4.78 is 22.0. The first-order chi connectivity index (χ1) is 17.5. The van der Waals surface area contributed by atoms with Crippen LogP contribution in [0.4, 0.5) is 10.1 Å². The number of fused-ring (bicyclic) bond motifs is 1. The second kappa shape index (κ2) is 10.5. The minimum Gasteiger partial charge on any atom is -0.494 e. The molecule has 1 unspecified atom stereocenters. The van der Waals surface area contributed by atoms with Gasteiger partial charge in [0, 0.05) is 31.1 Å². The summed E-state index contributed by atoms with van der Waals surface area (Å²) in [4.78, 5) is 19.4. The number of carbonyl (C=O) groups excluding carboxylic acids is 1. The minimum absolute atomic E-state index is 0.00101. The van der Waals surface area contributed by atoms with Crippen LogP contribution in [0.5, 0.6) is 5.75 Å². The van der Waals surface area contributed by atoms with Gasteiger partial charge in [0.15, 0.2) is 0 Å². The van der Waals surface area contributed by atoms with Crippen molar-refractivity contribution in [3.05, 3.63) is 90.0 Å². The number of ether oxygens (including phenoxy) is 1. The lowest BCUT2D eigenvalue weighted by Gasteiger charge is -2.17. The summed E-state index contributed by atoms with van der Waals surface area (Å²) >= 11 is 0. The Morgan fingerprint density at radius 2 is 1.83 bits per heavy atom. The van der Waals surface area contributed by atoms with E-state index < -0.39 is 0 Å². The third-order valence-electron chi connectivity index (χ3n) is 6.89. The average molecular weight is 486 g/mol. The Hall–Kier alpha value is -3.67. The summed E-state index contributed by atoms with van der Waals surface area (Å²) in [6.45, 7) is 6.32. The van der Waals surface area contributed by atoms with Gasteiger partial charge in [-0.2, -0.15) is 0 Å². The zero-order valence-corrected chi connectivity index (χ0v) is 20.9. The summed E-state index contributed by atoms with van der Waals surface area (Å²) in [7, 11) is 0. The number of para-hydroxylation sites is 2. The number of benzene rings is 3. The van der Waals surface area contributed by atoms with Gasteiger partial charge in [-0.1, -0.05) is 44.2 Å². The van der Waals surface area contributed by atoms with Gasteiger partial charge in [0.25, 0.3) is 0 Å². The number of nitrogens with zero attached hydrogens (tertiary/aromatic N) is 3. The maximum Gasteiger partial charge on any atom is 0.227 e. The van der Waals surface area contributed by atoms with Crippen LogP contribution >= 0.6 is 0 Å². The normalized spacial score (nSPS) is 15.8. The molecule has 1 atom stereocenters. The molecule has 0 bridgehead atoms. The molecule has 1 aliphatic heterocycles. The lowest BCUT2D eigenvalue weighted by Crippen LogP contribution is -2.24. The molecule has 4 aromatic rings. The van der Waals surface area contributed by atoms with E-state index in [4.69, 9.17) is 9.72 Å². The maximum absolute atomic E-state index is 13.8. The van der Waals surface area contributed by atoms with Crippen molar-refractivity contribution in [3.8, 4) is 5.75 Å². The van der Waals surface area contributed by atoms with Gasteiger partial charge in [0.05, 0.1) is 17.6 Å².